The smallest absolute Gasteiger partial charge is 0.226 e. The van der Waals surface area contributed by atoms with Gasteiger partial charge in [0.25, 0.3) is 0 Å². The normalized spacial score (nSPS) is 11.7. The van der Waals surface area contributed by atoms with Crippen LogP contribution in [0.3, 0.4) is 0 Å². The highest BCUT2D eigenvalue weighted by Crippen LogP contribution is 2.18. The molecule has 1 aromatic heterocycles. The number of anilines is 1. The molecule has 0 bridgehead atoms. The molecule has 0 fully saturated rings. The van der Waals surface area contributed by atoms with Gasteiger partial charge >= 0.3 is 0 Å². The molecule has 25 heavy (non-hydrogen) atoms. The Bertz CT molecular complexity index is 826. The summed E-state index contributed by atoms with van der Waals surface area (Å²) < 4.78 is 28.1. The zero-order chi connectivity index (χ0) is 18.6. The Labute approximate surface area is 148 Å². The van der Waals surface area contributed by atoms with Gasteiger partial charge in [-0.1, -0.05) is 19.0 Å². The van der Waals surface area contributed by atoms with Gasteiger partial charge in [0.1, 0.15) is 0 Å². The van der Waals surface area contributed by atoms with E-state index in [2.05, 4.69) is 10.1 Å². The van der Waals surface area contributed by atoms with Gasteiger partial charge in [-0.15, -0.1) is 0 Å². The highest BCUT2D eigenvalue weighted by molar-refractivity contribution is 7.90. The van der Waals surface area contributed by atoms with Crippen LogP contribution >= 0.6 is 0 Å². The summed E-state index contributed by atoms with van der Waals surface area (Å²) in [6.45, 7) is 3.98. The van der Waals surface area contributed by atoms with Crippen molar-refractivity contribution in [2.75, 3.05) is 18.2 Å². The van der Waals surface area contributed by atoms with Crippen LogP contribution in [-0.4, -0.2) is 37.8 Å². The molecule has 2 aromatic rings. The van der Waals surface area contributed by atoms with Crippen molar-refractivity contribution in [1.82, 2.24) is 10.1 Å². The number of hydrogen-bond donors (Lipinski definition) is 0. The summed E-state index contributed by atoms with van der Waals surface area (Å²) in [4.78, 5) is 18.3. The molecule has 2 rings (SSSR count). The van der Waals surface area contributed by atoms with Crippen molar-refractivity contribution in [3.63, 3.8) is 0 Å². The molecule has 0 aliphatic rings. The fourth-order valence-corrected chi connectivity index (χ4v) is 2.85. The Morgan fingerprint density at radius 3 is 2.40 bits per heavy atom. The lowest BCUT2D eigenvalue weighted by Gasteiger charge is -2.17. The van der Waals surface area contributed by atoms with E-state index in [0.29, 0.717) is 36.7 Å². The Morgan fingerprint density at radius 1 is 1.24 bits per heavy atom. The van der Waals surface area contributed by atoms with Gasteiger partial charge in [0.15, 0.2) is 15.7 Å². The first-order chi connectivity index (χ1) is 11.7. The van der Waals surface area contributed by atoms with Crippen LogP contribution in [-0.2, 0) is 21.1 Å². The standard InChI is InChI=1S/C17H23N3O4S/c1-12(2)17-18-15(24-19-17)6-5-7-16(21)20(3)13-8-10-14(11-9-13)25(4,22)23/h8-12H,5-7H2,1-4H3. The second-order valence-electron chi connectivity index (χ2n) is 6.27. The number of hydrogen-bond acceptors (Lipinski definition) is 6. The van der Waals surface area contributed by atoms with E-state index < -0.39 is 9.84 Å². The van der Waals surface area contributed by atoms with Crippen molar-refractivity contribution >= 4 is 21.4 Å². The zero-order valence-electron chi connectivity index (χ0n) is 14.9. The average Bonchev–Trinajstić information content (AvgIpc) is 3.02. The van der Waals surface area contributed by atoms with Gasteiger partial charge in [-0.2, -0.15) is 4.98 Å². The van der Waals surface area contributed by atoms with Gasteiger partial charge in [-0.3, -0.25) is 4.79 Å². The quantitative estimate of drug-likeness (QED) is 0.749. The molecular weight excluding hydrogens is 342 g/mol. The van der Waals surface area contributed by atoms with Crippen LogP contribution in [0.1, 0.15) is 44.3 Å². The van der Waals surface area contributed by atoms with Crippen LogP contribution in [0.25, 0.3) is 0 Å². The van der Waals surface area contributed by atoms with Crippen molar-refractivity contribution < 1.29 is 17.7 Å². The highest BCUT2D eigenvalue weighted by atomic mass is 32.2. The summed E-state index contributed by atoms with van der Waals surface area (Å²) >= 11 is 0. The van der Waals surface area contributed by atoms with Crippen LogP contribution in [0.5, 0.6) is 0 Å². The lowest BCUT2D eigenvalue weighted by Crippen LogP contribution is -2.26. The maximum atomic E-state index is 12.3. The van der Waals surface area contributed by atoms with Gasteiger partial charge in [-0.25, -0.2) is 8.42 Å². The Morgan fingerprint density at radius 2 is 1.88 bits per heavy atom. The fraction of sp³-hybridized carbons (Fsp3) is 0.471. The molecule has 0 unspecified atom stereocenters. The number of carbonyl (C=O) groups is 1. The minimum absolute atomic E-state index is 0.0595. The van der Waals surface area contributed by atoms with E-state index in [1.165, 1.54) is 17.0 Å². The van der Waals surface area contributed by atoms with Crippen LogP contribution in [0, 0.1) is 0 Å². The molecule has 1 amide bonds. The van der Waals surface area contributed by atoms with Gasteiger partial charge in [0, 0.05) is 37.8 Å². The molecule has 1 aromatic carbocycles. The number of nitrogens with zero attached hydrogens (tertiary/aromatic N) is 3. The predicted molar refractivity (Wildman–Crippen MR) is 94.3 cm³/mol. The van der Waals surface area contributed by atoms with Gasteiger partial charge < -0.3 is 9.42 Å². The minimum atomic E-state index is -3.24. The second kappa shape index (κ2) is 7.77. The van der Waals surface area contributed by atoms with E-state index in [1.54, 1.807) is 19.2 Å². The first-order valence-electron chi connectivity index (χ1n) is 8.07. The molecule has 1 heterocycles. The SMILES string of the molecule is CC(C)c1noc(CCCC(=O)N(C)c2ccc(S(C)(=O)=O)cc2)n1. The topological polar surface area (TPSA) is 93.4 Å². The summed E-state index contributed by atoms with van der Waals surface area (Å²) in [5.74, 6) is 1.36. The van der Waals surface area contributed by atoms with E-state index in [4.69, 9.17) is 4.52 Å². The van der Waals surface area contributed by atoms with Gasteiger partial charge in [0.05, 0.1) is 4.90 Å². The third-order valence-electron chi connectivity index (χ3n) is 3.81. The number of carbonyl (C=O) groups excluding carboxylic acids is 1. The lowest BCUT2D eigenvalue weighted by atomic mass is 10.2. The van der Waals surface area contributed by atoms with Gasteiger partial charge in [-0.05, 0) is 30.7 Å². The van der Waals surface area contributed by atoms with E-state index >= 15 is 0 Å². The summed E-state index contributed by atoms with van der Waals surface area (Å²) in [7, 11) is -1.57. The second-order valence-corrected chi connectivity index (χ2v) is 8.29. The molecule has 7 nitrogen and oxygen atoms in total. The molecule has 8 heteroatoms. The van der Waals surface area contributed by atoms with Crippen molar-refractivity contribution in [3.8, 4) is 0 Å². The highest BCUT2D eigenvalue weighted by Gasteiger charge is 2.14. The molecule has 0 aliphatic heterocycles. The summed E-state index contributed by atoms with van der Waals surface area (Å²) in [6, 6.07) is 6.25. The first-order valence-corrected chi connectivity index (χ1v) is 9.97. The molecule has 0 saturated carbocycles. The molecular formula is C17H23N3O4S. The van der Waals surface area contributed by atoms with E-state index in [-0.39, 0.29) is 16.7 Å². The van der Waals surface area contributed by atoms with Crippen LogP contribution < -0.4 is 4.90 Å². The maximum absolute atomic E-state index is 12.3. The largest absolute Gasteiger partial charge is 0.339 e. The Kier molecular flexibility index (Phi) is 5.94. The third-order valence-corrected chi connectivity index (χ3v) is 4.94. The van der Waals surface area contributed by atoms with E-state index in [9.17, 15) is 13.2 Å². The summed E-state index contributed by atoms with van der Waals surface area (Å²) in [5.41, 5.74) is 0.650. The third kappa shape index (κ3) is 5.12. The summed E-state index contributed by atoms with van der Waals surface area (Å²) in [5, 5.41) is 3.89. The number of benzene rings is 1. The number of aromatic nitrogens is 2. The molecule has 0 aliphatic carbocycles. The molecule has 0 atom stereocenters. The van der Waals surface area contributed by atoms with Crippen molar-refractivity contribution in [1.29, 1.82) is 0 Å². The summed E-state index contributed by atoms with van der Waals surface area (Å²) in [6.07, 6.45) is 2.64. The first kappa shape index (κ1) is 19.1. The predicted octanol–water partition coefficient (Wildman–Crippen LogP) is 2.58. The Balaban J connectivity index is 1.89. The van der Waals surface area contributed by atoms with Crippen molar-refractivity contribution in [2.45, 2.75) is 43.9 Å². The van der Waals surface area contributed by atoms with Crippen LogP contribution in [0.15, 0.2) is 33.7 Å². The minimum Gasteiger partial charge on any atom is -0.339 e. The number of rotatable bonds is 7. The van der Waals surface area contributed by atoms with E-state index in [1.807, 2.05) is 13.8 Å². The molecule has 136 valence electrons. The monoisotopic (exact) mass is 365 g/mol. The molecule has 0 N–H and O–H groups in total. The van der Waals surface area contributed by atoms with Crippen LogP contribution in [0.2, 0.25) is 0 Å². The van der Waals surface area contributed by atoms with Crippen molar-refractivity contribution in [3.05, 3.63) is 36.0 Å². The number of amides is 1. The lowest BCUT2D eigenvalue weighted by molar-refractivity contribution is -0.118. The fourth-order valence-electron chi connectivity index (χ4n) is 2.22. The van der Waals surface area contributed by atoms with Gasteiger partial charge in [0.2, 0.25) is 11.8 Å². The van der Waals surface area contributed by atoms with Crippen LogP contribution in [0.4, 0.5) is 5.69 Å². The molecule has 0 spiro atoms. The number of aryl methyl sites for hydroxylation is 1. The molecule has 0 radical (unpaired) electrons. The number of sulfone groups is 1. The van der Waals surface area contributed by atoms with Crippen molar-refractivity contribution in [2.24, 2.45) is 0 Å². The van der Waals surface area contributed by atoms with E-state index in [0.717, 1.165) is 6.26 Å². The Hall–Kier alpha value is -2.22. The molecule has 0 saturated heterocycles. The zero-order valence-corrected chi connectivity index (χ0v) is 15.7. The average molecular weight is 365 g/mol. The maximum Gasteiger partial charge on any atom is 0.226 e.